The summed E-state index contributed by atoms with van der Waals surface area (Å²) in [5.41, 5.74) is 1.02. The lowest BCUT2D eigenvalue weighted by molar-refractivity contribution is -0.110. The maximum Gasteiger partial charge on any atom is 0.266 e. The van der Waals surface area contributed by atoms with Gasteiger partial charge in [0.15, 0.2) is 0 Å². The number of halogens is 3. The first-order valence-corrected chi connectivity index (χ1v) is 9.02. The molecule has 0 atom stereocenters. The van der Waals surface area contributed by atoms with Crippen molar-refractivity contribution < 1.29 is 13.2 Å². The minimum Gasteiger partial charge on any atom is -0.279 e. The SMILES string of the molecule is Cc1ccccc1N(CC(=O)Cl)S(=O)(=O)c1cc(Cl)ccc1Cl. The Morgan fingerprint density at radius 3 is 2.39 bits per heavy atom. The molecule has 0 saturated heterocycles. The molecule has 0 fully saturated rings. The summed E-state index contributed by atoms with van der Waals surface area (Å²) in [4.78, 5) is 11.2. The highest BCUT2D eigenvalue weighted by Gasteiger charge is 2.29. The summed E-state index contributed by atoms with van der Waals surface area (Å²) in [6, 6.07) is 10.9. The molecule has 0 bridgehead atoms. The molecule has 0 unspecified atom stereocenters. The number of nitrogens with zero attached hydrogens (tertiary/aromatic N) is 1. The Labute approximate surface area is 149 Å². The molecule has 23 heavy (non-hydrogen) atoms. The molecule has 4 nitrogen and oxygen atoms in total. The summed E-state index contributed by atoms with van der Waals surface area (Å²) in [6.45, 7) is 1.22. The highest BCUT2D eigenvalue weighted by molar-refractivity contribution is 7.93. The number of carbonyl (C=O) groups is 1. The Kier molecular flexibility index (Phi) is 5.57. The fourth-order valence-corrected chi connectivity index (χ4v) is 4.47. The van der Waals surface area contributed by atoms with Gasteiger partial charge >= 0.3 is 0 Å². The predicted octanol–water partition coefficient (Wildman–Crippen LogP) is 4.26. The van der Waals surface area contributed by atoms with E-state index in [0.29, 0.717) is 11.3 Å². The van der Waals surface area contributed by atoms with E-state index in [2.05, 4.69) is 0 Å². The lowest BCUT2D eigenvalue weighted by atomic mass is 10.2. The van der Waals surface area contributed by atoms with Crippen molar-refractivity contribution in [2.45, 2.75) is 11.8 Å². The zero-order valence-electron chi connectivity index (χ0n) is 12.0. The van der Waals surface area contributed by atoms with Gasteiger partial charge in [-0.05, 0) is 48.4 Å². The average Bonchev–Trinajstić information content (AvgIpc) is 2.48. The van der Waals surface area contributed by atoms with E-state index in [4.69, 9.17) is 34.8 Å². The summed E-state index contributed by atoms with van der Waals surface area (Å²) in [7, 11) is -4.11. The molecule has 0 spiro atoms. The van der Waals surface area contributed by atoms with Crippen LogP contribution in [0.15, 0.2) is 47.4 Å². The number of para-hydroxylation sites is 1. The van der Waals surface area contributed by atoms with Gasteiger partial charge in [0.1, 0.15) is 11.4 Å². The molecule has 2 rings (SSSR count). The van der Waals surface area contributed by atoms with Gasteiger partial charge in [-0.1, -0.05) is 41.4 Å². The average molecular weight is 393 g/mol. The number of anilines is 1. The van der Waals surface area contributed by atoms with Crippen molar-refractivity contribution in [1.82, 2.24) is 0 Å². The van der Waals surface area contributed by atoms with Crippen LogP contribution >= 0.6 is 34.8 Å². The van der Waals surface area contributed by atoms with Crippen LogP contribution in [0.3, 0.4) is 0 Å². The number of rotatable bonds is 5. The lowest BCUT2D eigenvalue weighted by Crippen LogP contribution is -2.35. The molecule has 0 radical (unpaired) electrons. The summed E-state index contributed by atoms with van der Waals surface area (Å²) in [5.74, 6) is 0. The largest absolute Gasteiger partial charge is 0.279 e. The molecule has 0 aliphatic carbocycles. The Bertz CT molecular complexity index is 853. The van der Waals surface area contributed by atoms with Crippen molar-refractivity contribution >= 4 is 55.8 Å². The molecule has 0 aliphatic rings. The van der Waals surface area contributed by atoms with E-state index in [1.807, 2.05) is 0 Å². The fraction of sp³-hybridized carbons (Fsp3) is 0.133. The summed E-state index contributed by atoms with van der Waals surface area (Å²) >= 11 is 17.3. The highest BCUT2D eigenvalue weighted by atomic mass is 35.5. The number of hydrogen-bond donors (Lipinski definition) is 0. The van der Waals surface area contributed by atoms with Crippen LogP contribution in [-0.4, -0.2) is 20.2 Å². The number of benzene rings is 2. The number of sulfonamides is 1. The zero-order chi connectivity index (χ0) is 17.2. The number of hydrogen-bond acceptors (Lipinski definition) is 3. The van der Waals surface area contributed by atoms with Gasteiger partial charge in [0, 0.05) is 5.02 Å². The third-order valence-electron chi connectivity index (χ3n) is 3.11. The quantitative estimate of drug-likeness (QED) is 0.714. The smallest absolute Gasteiger partial charge is 0.266 e. The predicted molar refractivity (Wildman–Crippen MR) is 93.0 cm³/mol. The minimum absolute atomic E-state index is 0.00926. The maximum absolute atomic E-state index is 13.0. The van der Waals surface area contributed by atoms with Gasteiger partial charge in [0.25, 0.3) is 10.0 Å². The van der Waals surface area contributed by atoms with Crippen LogP contribution in [0.25, 0.3) is 0 Å². The first-order chi connectivity index (χ1) is 10.7. The minimum atomic E-state index is -4.11. The first kappa shape index (κ1) is 18.1. The van der Waals surface area contributed by atoms with Crippen molar-refractivity contribution in [2.24, 2.45) is 0 Å². The molecule has 2 aromatic carbocycles. The third-order valence-corrected chi connectivity index (χ3v) is 5.71. The second kappa shape index (κ2) is 7.09. The Balaban J connectivity index is 2.65. The van der Waals surface area contributed by atoms with E-state index in [1.54, 1.807) is 31.2 Å². The van der Waals surface area contributed by atoms with Gasteiger partial charge in [-0.15, -0.1) is 0 Å². The molecule has 0 N–H and O–H groups in total. The normalized spacial score (nSPS) is 11.3. The van der Waals surface area contributed by atoms with Crippen LogP contribution in [0.4, 0.5) is 5.69 Å². The lowest BCUT2D eigenvalue weighted by Gasteiger charge is -2.25. The highest BCUT2D eigenvalue weighted by Crippen LogP contribution is 2.32. The molecular formula is C15H12Cl3NO3S. The number of carbonyl (C=O) groups excluding carboxylic acids is 1. The van der Waals surface area contributed by atoms with Gasteiger partial charge in [-0.2, -0.15) is 0 Å². The van der Waals surface area contributed by atoms with Crippen molar-refractivity contribution in [3.8, 4) is 0 Å². The van der Waals surface area contributed by atoms with Gasteiger partial charge in [-0.3, -0.25) is 9.10 Å². The molecule has 0 heterocycles. The molecule has 0 aliphatic heterocycles. The van der Waals surface area contributed by atoms with Gasteiger partial charge in [0.2, 0.25) is 5.24 Å². The Morgan fingerprint density at radius 1 is 1.13 bits per heavy atom. The van der Waals surface area contributed by atoms with E-state index >= 15 is 0 Å². The molecule has 2 aromatic rings. The van der Waals surface area contributed by atoms with E-state index in [1.165, 1.54) is 18.2 Å². The molecule has 8 heteroatoms. The molecule has 0 saturated carbocycles. The summed E-state index contributed by atoms with van der Waals surface area (Å²) < 4.78 is 26.9. The van der Waals surface area contributed by atoms with Crippen LogP contribution in [0.5, 0.6) is 0 Å². The zero-order valence-corrected chi connectivity index (χ0v) is 15.0. The third kappa shape index (κ3) is 3.98. The van der Waals surface area contributed by atoms with Crippen LogP contribution < -0.4 is 4.31 Å². The molecule has 0 aromatic heterocycles. The van der Waals surface area contributed by atoms with Gasteiger partial charge in [-0.25, -0.2) is 8.42 Å². The second-order valence-electron chi connectivity index (χ2n) is 4.73. The first-order valence-electron chi connectivity index (χ1n) is 6.45. The van der Waals surface area contributed by atoms with Crippen LogP contribution in [-0.2, 0) is 14.8 Å². The van der Waals surface area contributed by atoms with E-state index in [0.717, 1.165) is 4.31 Å². The van der Waals surface area contributed by atoms with Gasteiger partial charge in [0.05, 0.1) is 10.7 Å². The monoisotopic (exact) mass is 391 g/mol. The van der Waals surface area contributed by atoms with Crippen molar-refractivity contribution in [3.63, 3.8) is 0 Å². The standard InChI is InChI=1S/C15H12Cl3NO3S/c1-10-4-2-3-5-13(10)19(9-15(18)20)23(21,22)14-8-11(16)6-7-12(14)17/h2-8H,9H2,1H3. The molecular weight excluding hydrogens is 381 g/mol. The Morgan fingerprint density at radius 2 is 1.78 bits per heavy atom. The van der Waals surface area contributed by atoms with Crippen LogP contribution in [0.1, 0.15) is 5.56 Å². The summed E-state index contributed by atoms with van der Waals surface area (Å²) in [5, 5.41) is -0.583. The van der Waals surface area contributed by atoms with Crippen LogP contribution in [0.2, 0.25) is 10.0 Å². The van der Waals surface area contributed by atoms with Gasteiger partial charge < -0.3 is 0 Å². The second-order valence-corrected chi connectivity index (χ2v) is 7.82. The summed E-state index contributed by atoms with van der Waals surface area (Å²) in [6.07, 6.45) is 0. The van der Waals surface area contributed by atoms with Crippen molar-refractivity contribution in [2.75, 3.05) is 10.8 Å². The topological polar surface area (TPSA) is 54.5 Å². The molecule has 0 amide bonds. The van der Waals surface area contributed by atoms with Crippen molar-refractivity contribution in [3.05, 3.63) is 58.1 Å². The molecule has 122 valence electrons. The van der Waals surface area contributed by atoms with Crippen LogP contribution in [0, 0.1) is 6.92 Å². The fourth-order valence-electron chi connectivity index (χ4n) is 2.05. The van der Waals surface area contributed by atoms with E-state index < -0.39 is 21.8 Å². The van der Waals surface area contributed by atoms with Crippen molar-refractivity contribution in [1.29, 1.82) is 0 Å². The maximum atomic E-state index is 13.0. The van der Waals surface area contributed by atoms with E-state index in [9.17, 15) is 13.2 Å². The van der Waals surface area contributed by atoms with E-state index in [-0.39, 0.29) is 14.9 Å². The number of aryl methyl sites for hydroxylation is 1. The Hall–Kier alpha value is -1.27.